The van der Waals surface area contributed by atoms with Crippen molar-refractivity contribution in [1.29, 1.82) is 0 Å². The molecule has 2 rings (SSSR count). The second kappa shape index (κ2) is 5.77. The molecule has 0 radical (unpaired) electrons. The second-order valence-corrected chi connectivity index (χ2v) is 5.57. The monoisotopic (exact) mass is 314 g/mol. The van der Waals surface area contributed by atoms with Crippen LogP contribution in [0.25, 0.3) is 0 Å². The summed E-state index contributed by atoms with van der Waals surface area (Å²) in [6, 6.07) is 4.94. The van der Waals surface area contributed by atoms with Crippen LogP contribution >= 0.6 is 15.9 Å². The Bertz CT molecular complexity index is 447. The first-order valence-electron chi connectivity index (χ1n) is 5.88. The summed E-state index contributed by atoms with van der Waals surface area (Å²) in [5.41, 5.74) is 0.814. The number of halogens is 1. The Morgan fingerprint density at radius 3 is 2.83 bits per heavy atom. The third kappa shape index (κ3) is 3.28. The van der Waals surface area contributed by atoms with Crippen LogP contribution in [0, 0.1) is 16.0 Å². The van der Waals surface area contributed by atoms with Gasteiger partial charge in [-0.15, -0.1) is 0 Å². The number of rotatable bonds is 5. The number of nitrogens with zero attached hydrogens (tertiary/aromatic N) is 1. The minimum absolute atomic E-state index is 0.138. The number of nitrogens with one attached hydrogen (secondary N) is 1. The van der Waals surface area contributed by atoms with Crippen LogP contribution in [0.4, 0.5) is 5.69 Å². The average Bonchev–Trinajstić information content (AvgIpc) is 2.26. The summed E-state index contributed by atoms with van der Waals surface area (Å²) in [6.45, 7) is 1.27. The smallest absolute Gasteiger partial charge is 0.273 e. The number of nitro groups is 1. The van der Waals surface area contributed by atoms with E-state index in [1.807, 2.05) is 0 Å². The van der Waals surface area contributed by atoms with Crippen molar-refractivity contribution in [3.05, 3.63) is 38.3 Å². The van der Waals surface area contributed by atoms with E-state index in [-0.39, 0.29) is 16.7 Å². The van der Waals surface area contributed by atoms with Gasteiger partial charge in [-0.25, -0.2) is 0 Å². The zero-order chi connectivity index (χ0) is 13.1. The molecule has 0 aliphatic heterocycles. The van der Waals surface area contributed by atoms with Crippen LogP contribution in [0.5, 0.6) is 0 Å². The van der Waals surface area contributed by atoms with Gasteiger partial charge in [0.15, 0.2) is 0 Å². The quantitative estimate of drug-likeness (QED) is 0.645. The molecule has 0 aromatic heterocycles. The number of nitro benzene ring substituents is 1. The lowest BCUT2D eigenvalue weighted by molar-refractivity contribution is -0.385. The van der Waals surface area contributed by atoms with E-state index in [0.717, 1.165) is 23.9 Å². The minimum Gasteiger partial charge on any atom is -0.393 e. The first-order valence-corrected chi connectivity index (χ1v) is 6.67. The third-order valence-electron chi connectivity index (χ3n) is 3.20. The Balaban J connectivity index is 1.91. The van der Waals surface area contributed by atoms with Crippen LogP contribution in [-0.4, -0.2) is 22.7 Å². The molecule has 1 aliphatic carbocycles. The van der Waals surface area contributed by atoms with Gasteiger partial charge in [0.05, 0.1) is 11.0 Å². The number of aliphatic hydroxyl groups excluding tert-OH is 1. The van der Waals surface area contributed by atoms with E-state index in [1.165, 1.54) is 6.07 Å². The number of hydrogen-bond donors (Lipinski definition) is 2. The van der Waals surface area contributed by atoms with Crippen LogP contribution < -0.4 is 5.32 Å². The Hall–Kier alpha value is -0.980. The maximum Gasteiger partial charge on any atom is 0.273 e. The van der Waals surface area contributed by atoms with E-state index in [1.54, 1.807) is 12.1 Å². The molecule has 0 saturated heterocycles. The molecule has 0 amide bonds. The van der Waals surface area contributed by atoms with Crippen LogP contribution in [0.2, 0.25) is 0 Å². The summed E-state index contributed by atoms with van der Waals surface area (Å²) in [7, 11) is 0. The Morgan fingerprint density at radius 1 is 1.50 bits per heavy atom. The molecule has 6 heteroatoms. The zero-order valence-electron chi connectivity index (χ0n) is 9.80. The maximum absolute atomic E-state index is 10.9. The molecule has 1 fully saturated rings. The Morgan fingerprint density at radius 2 is 2.22 bits per heavy atom. The average molecular weight is 315 g/mol. The molecule has 1 aliphatic rings. The molecule has 0 heterocycles. The van der Waals surface area contributed by atoms with Crippen molar-refractivity contribution in [2.45, 2.75) is 25.5 Å². The predicted octanol–water partition coefficient (Wildman–Crippen LogP) is 2.22. The van der Waals surface area contributed by atoms with Gasteiger partial charge < -0.3 is 10.4 Å². The van der Waals surface area contributed by atoms with Gasteiger partial charge in [0.1, 0.15) is 0 Å². The summed E-state index contributed by atoms with van der Waals surface area (Å²) in [5.74, 6) is 0.492. The van der Waals surface area contributed by atoms with E-state index >= 15 is 0 Å². The Kier molecular flexibility index (Phi) is 4.31. The Labute approximate surface area is 113 Å². The van der Waals surface area contributed by atoms with Crippen LogP contribution in [0.1, 0.15) is 18.4 Å². The first-order chi connectivity index (χ1) is 8.56. The zero-order valence-corrected chi connectivity index (χ0v) is 11.4. The maximum atomic E-state index is 10.9. The van der Waals surface area contributed by atoms with Crippen molar-refractivity contribution in [3.8, 4) is 0 Å². The molecule has 1 aromatic rings. The number of benzene rings is 1. The van der Waals surface area contributed by atoms with Crippen molar-refractivity contribution in [3.63, 3.8) is 0 Å². The standard InChI is InChI=1S/C12H15BrN2O3/c13-10-1-2-12(15(17)18)9(5-10)7-14-6-8-3-11(16)4-8/h1-2,5,8,11,14,16H,3-4,6-7H2. The molecule has 98 valence electrons. The van der Waals surface area contributed by atoms with Crippen LogP contribution in [-0.2, 0) is 6.54 Å². The van der Waals surface area contributed by atoms with E-state index in [9.17, 15) is 10.1 Å². The van der Waals surface area contributed by atoms with Crippen LogP contribution in [0.3, 0.4) is 0 Å². The largest absolute Gasteiger partial charge is 0.393 e. The second-order valence-electron chi connectivity index (χ2n) is 4.65. The lowest BCUT2D eigenvalue weighted by Crippen LogP contribution is -2.35. The van der Waals surface area contributed by atoms with Gasteiger partial charge in [-0.1, -0.05) is 15.9 Å². The summed E-state index contributed by atoms with van der Waals surface area (Å²) in [5, 5.41) is 23.2. The van der Waals surface area contributed by atoms with E-state index < -0.39 is 0 Å². The summed E-state index contributed by atoms with van der Waals surface area (Å²) < 4.78 is 0.837. The summed E-state index contributed by atoms with van der Waals surface area (Å²) >= 11 is 3.32. The molecule has 18 heavy (non-hydrogen) atoms. The predicted molar refractivity (Wildman–Crippen MR) is 71.2 cm³/mol. The van der Waals surface area contributed by atoms with Crippen molar-refractivity contribution in [1.82, 2.24) is 5.32 Å². The van der Waals surface area contributed by atoms with Crippen molar-refractivity contribution >= 4 is 21.6 Å². The minimum atomic E-state index is -0.365. The molecule has 2 N–H and O–H groups in total. The van der Waals surface area contributed by atoms with Crippen molar-refractivity contribution in [2.75, 3.05) is 6.54 Å². The molecular formula is C12H15BrN2O3. The third-order valence-corrected chi connectivity index (χ3v) is 3.69. The number of aliphatic hydroxyl groups is 1. The molecule has 1 aromatic carbocycles. The van der Waals surface area contributed by atoms with E-state index in [4.69, 9.17) is 5.11 Å². The van der Waals surface area contributed by atoms with Gasteiger partial charge in [0.25, 0.3) is 5.69 Å². The van der Waals surface area contributed by atoms with Gasteiger partial charge in [0, 0.05) is 22.6 Å². The fraction of sp³-hybridized carbons (Fsp3) is 0.500. The first kappa shape index (κ1) is 13.5. The van der Waals surface area contributed by atoms with Gasteiger partial charge >= 0.3 is 0 Å². The molecule has 0 bridgehead atoms. The van der Waals surface area contributed by atoms with E-state index in [2.05, 4.69) is 21.2 Å². The molecule has 0 atom stereocenters. The highest BCUT2D eigenvalue weighted by Crippen LogP contribution is 2.27. The fourth-order valence-electron chi connectivity index (χ4n) is 2.15. The molecule has 0 spiro atoms. The SMILES string of the molecule is O=[N+]([O-])c1ccc(Br)cc1CNCC1CC(O)C1. The van der Waals surface area contributed by atoms with Crippen molar-refractivity contribution < 1.29 is 10.0 Å². The molecule has 1 saturated carbocycles. The topological polar surface area (TPSA) is 75.4 Å². The lowest BCUT2D eigenvalue weighted by Gasteiger charge is -2.31. The van der Waals surface area contributed by atoms with Crippen molar-refractivity contribution in [2.24, 2.45) is 5.92 Å². The number of hydrogen-bond acceptors (Lipinski definition) is 4. The summed E-state index contributed by atoms with van der Waals surface area (Å²) in [4.78, 5) is 10.5. The van der Waals surface area contributed by atoms with Gasteiger partial charge in [0.2, 0.25) is 0 Å². The highest BCUT2D eigenvalue weighted by Gasteiger charge is 2.26. The molecule has 5 nitrogen and oxygen atoms in total. The van der Waals surface area contributed by atoms with Gasteiger partial charge in [-0.3, -0.25) is 10.1 Å². The van der Waals surface area contributed by atoms with E-state index in [0.29, 0.717) is 18.0 Å². The normalized spacial score (nSPS) is 22.6. The van der Waals surface area contributed by atoms with Gasteiger partial charge in [-0.2, -0.15) is 0 Å². The highest BCUT2D eigenvalue weighted by molar-refractivity contribution is 9.10. The van der Waals surface area contributed by atoms with Crippen LogP contribution in [0.15, 0.2) is 22.7 Å². The molecule has 0 unspecified atom stereocenters. The lowest BCUT2D eigenvalue weighted by atomic mass is 9.82. The highest BCUT2D eigenvalue weighted by atomic mass is 79.9. The summed E-state index contributed by atoms with van der Waals surface area (Å²) in [6.07, 6.45) is 1.50. The fourth-order valence-corrected chi connectivity index (χ4v) is 2.56. The van der Waals surface area contributed by atoms with Gasteiger partial charge in [-0.05, 0) is 37.4 Å². The molecular weight excluding hydrogens is 300 g/mol.